The van der Waals surface area contributed by atoms with Crippen LogP contribution in [-0.4, -0.2) is 37.2 Å². The van der Waals surface area contributed by atoms with Gasteiger partial charge in [0.15, 0.2) is 6.10 Å². The number of carbonyl (C=O) groups excluding carboxylic acids is 3. The second-order valence-corrected chi connectivity index (χ2v) is 23.8. The van der Waals surface area contributed by atoms with Gasteiger partial charge in [-0.3, -0.25) is 14.4 Å². The third kappa shape index (κ3) is 67.4. The number of esters is 3. The summed E-state index contributed by atoms with van der Waals surface area (Å²) in [5.74, 6) is -0.879. The number of hydrogen-bond donors (Lipinski definition) is 0. The first kappa shape index (κ1) is 78.6. The van der Waals surface area contributed by atoms with E-state index in [2.05, 4.69) is 106 Å². The van der Waals surface area contributed by atoms with Gasteiger partial charge in [0.25, 0.3) is 0 Å². The first-order valence-electron chi connectivity index (χ1n) is 35.6. The third-order valence-corrected chi connectivity index (χ3v) is 15.6. The highest BCUT2D eigenvalue weighted by atomic mass is 16.6. The van der Waals surface area contributed by atoms with E-state index in [0.29, 0.717) is 19.3 Å². The molecule has 0 aliphatic carbocycles. The maximum absolute atomic E-state index is 12.9. The normalized spacial score (nSPS) is 12.6. The van der Waals surface area contributed by atoms with Crippen molar-refractivity contribution in [2.75, 3.05) is 13.2 Å². The van der Waals surface area contributed by atoms with Gasteiger partial charge in [-0.15, -0.1) is 0 Å². The fourth-order valence-electron chi connectivity index (χ4n) is 10.3. The predicted octanol–water partition coefficient (Wildman–Crippen LogP) is 24.6. The van der Waals surface area contributed by atoms with Gasteiger partial charge in [0.05, 0.1) is 0 Å². The van der Waals surface area contributed by atoms with Gasteiger partial charge in [0, 0.05) is 19.3 Å². The average molecular weight is 1140 g/mol. The first-order chi connectivity index (χ1) is 40.5. The lowest BCUT2D eigenvalue weighted by Gasteiger charge is -2.18. The van der Waals surface area contributed by atoms with Crippen LogP contribution < -0.4 is 0 Å². The van der Waals surface area contributed by atoms with Gasteiger partial charge in [-0.25, -0.2) is 0 Å². The SMILES string of the molecule is CC/C=C\C/C=C\C/C=C\C/C=C\C/C=C\CCCCCCCC(=O)OC(COC(=O)CCCCCCCCCCCCCCCC)COC(=O)CCCCCCCCCCCCCCCCCCC/C=C\C/C=C\CCCCCCC. The second-order valence-electron chi connectivity index (χ2n) is 23.8. The van der Waals surface area contributed by atoms with Gasteiger partial charge in [-0.05, 0) is 96.3 Å². The molecule has 6 heteroatoms. The molecule has 6 nitrogen and oxygen atoms in total. The lowest BCUT2D eigenvalue weighted by Crippen LogP contribution is -2.30. The number of carbonyl (C=O) groups is 3. The molecule has 474 valence electrons. The fraction of sp³-hybridized carbons (Fsp3) is 0.776. The van der Waals surface area contributed by atoms with Crippen LogP contribution >= 0.6 is 0 Å². The van der Waals surface area contributed by atoms with Crippen molar-refractivity contribution in [3.8, 4) is 0 Å². The van der Waals surface area contributed by atoms with Crippen LogP contribution in [-0.2, 0) is 28.6 Å². The molecule has 0 aromatic heterocycles. The van der Waals surface area contributed by atoms with Crippen molar-refractivity contribution in [3.63, 3.8) is 0 Å². The number of hydrogen-bond acceptors (Lipinski definition) is 6. The zero-order valence-electron chi connectivity index (χ0n) is 54.5. The molecule has 0 spiro atoms. The minimum Gasteiger partial charge on any atom is -0.462 e. The van der Waals surface area contributed by atoms with Gasteiger partial charge < -0.3 is 14.2 Å². The van der Waals surface area contributed by atoms with Crippen LogP contribution in [0, 0.1) is 0 Å². The molecule has 0 N–H and O–H groups in total. The molecule has 82 heavy (non-hydrogen) atoms. The van der Waals surface area contributed by atoms with E-state index in [1.165, 1.54) is 205 Å². The summed E-state index contributed by atoms with van der Waals surface area (Å²) < 4.78 is 17.0. The summed E-state index contributed by atoms with van der Waals surface area (Å²) in [4.78, 5) is 38.4. The van der Waals surface area contributed by atoms with Crippen LogP contribution in [0.2, 0.25) is 0 Å². The van der Waals surface area contributed by atoms with Gasteiger partial charge in [0.2, 0.25) is 0 Å². The molecular weight excluding hydrogens is 1010 g/mol. The van der Waals surface area contributed by atoms with Crippen molar-refractivity contribution in [2.45, 2.75) is 367 Å². The van der Waals surface area contributed by atoms with E-state index in [0.717, 1.165) is 116 Å². The molecule has 0 heterocycles. The number of unbranched alkanes of at least 4 members (excludes halogenated alkanes) is 40. The molecule has 1 unspecified atom stereocenters. The van der Waals surface area contributed by atoms with E-state index in [1.54, 1.807) is 0 Å². The summed E-state index contributed by atoms with van der Waals surface area (Å²) in [6.07, 6.45) is 93.2. The molecular formula is C76H134O6. The van der Waals surface area contributed by atoms with Gasteiger partial charge in [-0.1, -0.05) is 331 Å². The maximum atomic E-state index is 12.9. The Morgan fingerprint density at radius 3 is 0.744 bits per heavy atom. The minimum absolute atomic E-state index is 0.0803. The highest BCUT2D eigenvalue weighted by molar-refractivity contribution is 5.71. The summed E-state index contributed by atoms with van der Waals surface area (Å²) in [7, 11) is 0. The number of ether oxygens (including phenoxy) is 3. The molecule has 0 bridgehead atoms. The third-order valence-electron chi connectivity index (χ3n) is 15.6. The Kier molecular flexibility index (Phi) is 67.2. The number of rotatable bonds is 65. The highest BCUT2D eigenvalue weighted by Gasteiger charge is 2.19. The molecule has 0 rings (SSSR count). The maximum Gasteiger partial charge on any atom is 0.306 e. The molecule has 0 fully saturated rings. The van der Waals surface area contributed by atoms with E-state index in [9.17, 15) is 14.4 Å². The largest absolute Gasteiger partial charge is 0.462 e. The molecule has 0 aliphatic rings. The Balaban J connectivity index is 4.27. The quantitative estimate of drug-likeness (QED) is 0.0261. The average Bonchev–Trinajstić information content (AvgIpc) is 3.47. The standard InChI is InChI=1S/C76H134O6/c1-4-7-10-13-16-19-22-25-28-30-32-34-35-36-37-38-39-40-41-43-44-46-48-51-54-57-60-63-66-69-75(78)81-72-73(71-80-74(77)68-65-62-59-56-53-50-27-24-21-18-15-12-9-6-3)82-76(79)70-67-64-61-58-55-52-49-47-45-42-33-31-29-26-23-20-17-14-11-8-5-2/h8,11,17,20,22,25-26,29-30,32-33,42,47,49,73H,4-7,9-10,12-16,18-19,21,23-24,27-28,31,34-41,43-46,48,50-72H2,1-3H3/b11-8-,20-17-,25-22-,29-26-,32-30-,42-33-,49-47-. The molecule has 0 saturated heterocycles. The Labute approximate surface area is 509 Å². The van der Waals surface area contributed by atoms with Crippen molar-refractivity contribution < 1.29 is 28.6 Å². The van der Waals surface area contributed by atoms with Crippen molar-refractivity contribution >= 4 is 17.9 Å². The van der Waals surface area contributed by atoms with Crippen molar-refractivity contribution in [1.29, 1.82) is 0 Å². The highest BCUT2D eigenvalue weighted by Crippen LogP contribution is 2.18. The lowest BCUT2D eigenvalue weighted by atomic mass is 10.0. The Bertz CT molecular complexity index is 1550. The molecule has 0 aliphatic heterocycles. The van der Waals surface area contributed by atoms with Crippen LogP contribution in [0.25, 0.3) is 0 Å². The summed E-state index contributed by atoms with van der Waals surface area (Å²) in [6.45, 7) is 6.55. The topological polar surface area (TPSA) is 78.9 Å². The van der Waals surface area contributed by atoms with Crippen molar-refractivity contribution in [2.24, 2.45) is 0 Å². The summed E-state index contributed by atoms with van der Waals surface area (Å²) in [6, 6.07) is 0. The fourth-order valence-corrected chi connectivity index (χ4v) is 10.3. The zero-order valence-corrected chi connectivity index (χ0v) is 54.5. The minimum atomic E-state index is -0.787. The van der Waals surface area contributed by atoms with Gasteiger partial charge in [-0.2, -0.15) is 0 Å². The predicted molar refractivity (Wildman–Crippen MR) is 358 cm³/mol. The van der Waals surface area contributed by atoms with Crippen LogP contribution in [0.1, 0.15) is 361 Å². The summed E-state index contributed by atoms with van der Waals surface area (Å²) >= 11 is 0. The summed E-state index contributed by atoms with van der Waals surface area (Å²) in [5, 5.41) is 0. The Morgan fingerprint density at radius 1 is 0.256 bits per heavy atom. The summed E-state index contributed by atoms with van der Waals surface area (Å²) in [5.41, 5.74) is 0. The van der Waals surface area contributed by atoms with Gasteiger partial charge in [0.1, 0.15) is 13.2 Å². The smallest absolute Gasteiger partial charge is 0.306 e. The molecule has 0 aromatic carbocycles. The molecule has 0 aromatic rings. The molecule has 0 saturated carbocycles. The number of allylic oxidation sites excluding steroid dienone is 14. The second kappa shape index (κ2) is 70.1. The lowest BCUT2D eigenvalue weighted by molar-refractivity contribution is -0.167. The van der Waals surface area contributed by atoms with E-state index < -0.39 is 6.10 Å². The van der Waals surface area contributed by atoms with Crippen molar-refractivity contribution in [1.82, 2.24) is 0 Å². The van der Waals surface area contributed by atoms with E-state index in [-0.39, 0.29) is 31.1 Å². The van der Waals surface area contributed by atoms with Crippen LogP contribution in [0.4, 0.5) is 0 Å². The van der Waals surface area contributed by atoms with Gasteiger partial charge >= 0.3 is 17.9 Å². The molecule has 0 radical (unpaired) electrons. The van der Waals surface area contributed by atoms with E-state index in [4.69, 9.17) is 14.2 Å². The zero-order chi connectivity index (χ0) is 59.2. The monoisotopic (exact) mass is 1140 g/mol. The van der Waals surface area contributed by atoms with Crippen LogP contribution in [0.5, 0.6) is 0 Å². The molecule has 1 atom stereocenters. The Morgan fingerprint density at radius 2 is 0.476 bits per heavy atom. The molecule has 0 amide bonds. The van der Waals surface area contributed by atoms with Crippen LogP contribution in [0.3, 0.4) is 0 Å². The van der Waals surface area contributed by atoms with E-state index in [1.807, 2.05) is 0 Å². The van der Waals surface area contributed by atoms with Crippen molar-refractivity contribution in [3.05, 3.63) is 85.1 Å². The first-order valence-corrected chi connectivity index (χ1v) is 35.6. The Hall–Kier alpha value is -3.41. The van der Waals surface area contributed by atoms with Crippen LogP contribution in [0.15, 0.2) is 85.1 Å². The van der Waals surface area contributed by atoms with E-state index >= 15 is 0 Å².